The molecule has 0 aliphatic rings. The molecule has 0 saturated carbocycles. The van der Waals surface area contributed by atoms with Crippen molar-refractivity contribution in [1.29, 1.82) is 5.41 Å². The number of ether oxygens (including phenoxy) is 3. The second kappa shape index (κ2) is 10.6. The molecule has 0 spiro atoms. The molecule has 1 atom stereocenters. The Morgan fingerprint density at radius 2 is 1.76 bits per heavy atom. The van der Waals surface area contributed by atoms with Crippen LogP contribution in [0.3, 0.4) is 0 Å². The number of carbonyl (C=O) groups is 2. The zero-order chi connectivity index (χ0) is 24.0. The minimum Gasteiger partial charge on any atom is -0.493 e. The van der Waals surface area contributed by atoms with Crippen molar-refractivity contribution in [2.24, 2.45) is 5.73 Å². The molecule has 0 bridgehead atoms. The van der Waals surface area contributed by atoms with Crippen LogP contribution < -0.4 is 20.5 Å². The average molecular weight is 468 g/mol. The second-order valence-corrected chi connectivity index (χ2v) is 7.94. The molecule has 2 aromatic carbocycles. The average Bonchev–Trinajstić information content (AvgIpc) is 3.32. The van der Waals surface area contributed by atoms with Crippen LogP contribution in [0, 0.1) is 5.41 Å². The first-order valence-electron chi connectivity index (χ1n) is 10.0. The van der Waals surface area contributed by atoms with Gasteiger partial charge in [0.15, 0.2) is 11.5 Å². The minimum absolute atomic E-state index is 0.0391. The Hall–Kier alpha value is -3.85. The molecule has 8 nitrogen and oxygen atoms in total. The summed E-state index contributed by atoms with van der Waals surface area (Å²) in [6, 6.07) is 12.1. The quantitative estimate of drug-likeness (QED) is 0.185. The highest BCUT2D eigenvalue weighted by Crippen LogP contribution is 2.41. The Morgan fingerprint density at radius 1 is 1.09 bits per heavy atom. The second-order valence-electron chi connectivity index (χ2n) is 7.16. The van der Waals surface area contributed by atoms with E-state index < -0.39 is 18.0 Å². The Labute approximate surface area is 195 Å². The maximum absolute atomic E-state index is 12.5. The highest BCUT2D eigenvalue weighted by molar-refractivity contribution is 7.08. The molecule has 172 valence electrons. The summed E-state index contributed by atoms with van der Waals surface area (Å²) in [7, 11) is 3.10. The molecule has 1 unspecified atom stereocenters. The van der Waals surface area contributed by atoms with E-state index in [-0.39, 0.29) is 12.3 Å². The number of hydrogen-bond donors (Lipinski definition) is 3. The third kappa shape index (κ3) is 5.89. The van der Waals surface area contributed by atoms with Crippen molar-refractivity contribution in [3.8, 4) is 22.6 Å². The van der Waals surface area contributed by atoms with E-state index in [9.17, 15) is 9.59 Å². The molecule has 1 heterocycles. The summed E-state index contributed by atoms with van der Waals surface area (Å²) in [5.74, 6) is -0.312. The molecule has 0 saturated heterocycles. The third-order valence-electron chi connectivity index (χ3n) is 4.93. The van der Waals surface area contributed by atoms with E-state index in [4.69, 9.17) is 25.4 Å². The lowest BCUT2D eigenvalue weighted by atomic mass is 9.93. The van der Waals surface area contributed by atoms with Crippen LogP contribution in [-0.2, 0) is 14.3 Å². The fourth-order valence-corrected chi connectivity index (χ4v) is 4.06. The van der Waals surface area contributed by atoms with Crippen molar-refractivity contribution in [2.75, 3.05) is 19.5 Å². The number of benzene rings is 2. The van der Waals surface area contributed by atoms with Crippen LogP contribution in [0.5, 0.6) is 11.5 Å². The number of thiophene rings is 1. The minimum atomic E-state index is -0.671. The highest BCUT2D eigenvalue weighted by atomic mass is 32.1. The van der Waals surface area contributed by atoms with E-state index in [2.05, 4.69) is 5.32 Å². The number of carbonyl (C=O) groups excluding carboxylic acids is 2. The zero-order valence-electron chi connectivity index (χ0n) is 18.5. The largest absolute Gasteiger partial charge is 0.493 e. The predicted molar refractivity (Wildman–Crippen MR) is 128 cm³/mol. The molecule has 3 rings (SSSR count). The van der Waals surface area contributed by atoms with Gasteiger partial charge in [-0.05, 0) is 69.9 Å². The van der Waals surface area contributed by atoms with Gasteiger partial charge in [0.05, 0.1) is 26.7 Å². The van der Waals surface area contributed by atoms with Gasteiger partial charge < -0.3 is 25.3 Å². The molecule has 0 fully saturated rings. The van der Waals surface area contributed by atoms with E-state index in [1.807, 2.05) is 29.0 Å². The number of esters is 2. The van der Waals surface area contributed by atoms with Crippen molar-refractivity contribution < 1.29 is 23.8 Å². The molecule has 0 aliphatic heterocycles. The molecule has 4 N–H and O–H groups in total. The lowest BCUT2D eigenvalue weighted by molar-refractivity contribution is -0.158. The molecule has 0 radical (unpaired) electrons. The summed E-state index contributed by atoms with van der Waals surface area (Å²) >= 11 is 1.55. The van der Waals surface area contributed by atoms with E-state index in [1.54, 1.807) is 49.8 Å². The number of anilines is 1. The first-order valence-corrected chi connectivity index (χ1v) is 11.0. The normalized spacial score (nSPS) is 11.4. The number of nitrogens with two attached hydrogens (primary N) is 1. The van der Waals surface area contributed by atoms with E-state index in [1.165, 1.54) is 6.92 Å². The van der Waals surface area contributed by atoms with Gasteiger partial charge in [-0.3, -0.25) is 15.0 Å². The monoisotopic (exact) mass is 467 g/mol. The summed E-state index contributed by atoms with van der Waals surface area (Å²) in [4.78, 5) is 23.8. The van der Waals surface area contributed by atoms with Crippen molar-refractivity contribution in [3.05, 3.63) is 64.4 Å². The van der Waals surface area contributed by atoms with Crippen LogP contribution in [0.25, 0.3) is 11.1 Å². The van der Waals surface area contributed by atoms with Crippen molar-refractivity contribution in [3.63, 3.8) is 0 Å². The molecular formula is C24H25N3O5S. The van der Waals surface area contributed by atoms with Crippen LogP contribution in [0.1, 0.15) is 30.5 Å². The molecular weight excluding hydrogens is 442 g/mol. The van der Waals surface area contributed by atoms with Gasteiger partial charge in [-0.25, -0.2) is 0 Å². The van der Waals surface area contributed by atoms with Crippen molar-refractivity contribution in [1.82, 2.24) is 0 Å². The van der Waals surface area contributed by atoms with Crippen LogP contribution in [0.4, 0.5) is 5.69 Å². The summed E-state index contributed by atoms with van der Waals surface area (Å²) in [6.07, 6.45) is -0.110. The summed E-state index contributed by atoms with van der Waals surface area (Å²) in [5, 5.41) is 14.9. The summed E-state index contributed by atoms with van der Waals surface area (Å²) in [6.45, 7) is 1.19. The van der Waals surface area contributed by atoms with Crippen LogP contribution in [0.2, 0.25) is 0 Å². The Balaban J connectivity index is 2.09. The maximum Gasteiger partial charge on any atom is 0.315 e. The number of amidine groups is 1. The number of methoxy groups -OCH3 is 2. The maximum atomic E-state index is 12.5. The van der Waals surface area contributed by atoms with Crippen LogP contribution in [0.15, 0.2) is 53.2 Å². The topological polar surface area (TPSA) is 124 Å². The van der Waals surface area contributed by atoms with E-state index in [0.717, 1.165) is 16.7 Å². The Morgan fingerprint density at radius 3 is 2.30 bits per heavy atom. The molecule has 0 amide bonds. The Kier molecular flexibility index (Phi) is 7.68. The number of rotatable bonds is 9. The molecule has 9 heteroatoms. The van der Waals surface area contributed by atoms with E-state index in [0.29, 0.717) is 22.7 Å². The summed E-state index contributed by atoms with van der Waals surface area (Å²) in [5.41, 5.74) is 9.40. The Bertz CT molecular complexity index is 1140. The van der Waals surface area contributed by atoms with Crippen molar-refractivity contribution >= 4 is 34.8 Å². The van der Waals surface area contributed by atoms with Gasteiger partial charge in [0.1, 0.15) is 5.84 Å². The van der Waals surface area contributed by atoms with Gasteiger partial charge in [-0.1, -0.05) is 0 Å². The molecule has 3 aromatic rings. The number of nitrogen functional groups attached to an aromatic ring is 1. The first-order chi connectivity index (χ1) is 15.8. The van der Waals surface area contributed by atoms with Gasteiger partial charge in [-0.15, -0.1) is 0 Å². The first kappa shape index (κ1) is 23.8. The standard InChI is InChI=1S/C24H25N3O5S/c1-14(28)32-23(29)12-20(27-17-6-4-15(5-7-17)24(25)26)19-11-22(31-3)21(30-2)10-18(19)16-8-9-33-13-16/h4-11,13,20,27H,12H2,1-3H3,(H3,25,26). The van der Waals surface area contributed by atoms with Gasteiger partial charge in [0.2, 0.25) is 0 Å². The zero-order valence-corrected chi connectivity index (χ0v) is 19.3. The predicted octanol–water partition coefficient (Wildman–Crippen LogP) is 4.35. The summed E-state index contributed by atoms with van der Waals surface area (Å²) < 4.78 is 15.8. The van der Waals surface area contributed by atoms with E-state index >= 15 is 0 Å². The van der Waals surface area contributed by atoms with Crippen LogP contribution >= 0.6 is 11.3 Å². The van der Waals surface area contributed by atoms with Crippen molar-refractivity contribution in [2.45, 2.75) is 19.4 Å². The van der Waals surface area contributed by atoms with Gasteiger partial charge >= 0.3 is 11.9 Å². The van der Waals surface area contributed by atoms with Crippen LogP contribution in [-0.4, -0.2) is 32.0 Å². The number of hydrogen-bond acceptors (Lipinski definition) is 8. The molecule has 0 aliphatic carbocycles. The fraction of sp³-hybridized carbons (Fsp3) is 0.208. The lowest BCUT2D eigenvalue weighted by Gasteiger charge is -2.24. The van der Waals surface area contributed by atoms with Gasteiger partial charge in [0, 0.05) is 18.2 Å². The molecule has 33 heavy (non-hydrogen) atoms. The lowest BCUT2D eigenvalue weighted by Crippen LogP contribution is -2.20. The fourth-order valence-electron chi connectivity index (χ4n) is 3.41. The number of nitrogens with one attached hydrogen (secondary N) is 2. The van der Waals surface area contributed by atoms with Gasteiger partial charge in [0.25, 0.3) is 0 Å². The third-order valence-corrected chi connectivity index (χ3v) is 5.61. The smallest absolute Gasteiger partial charge is 0.315 e. The SMILES string of the molecule is COc1cc(-c2ccsc2)c(C(CC(=O)OC(C)=O)Nc2ccc(C(=N)N)cc2)cc1OC. The van der Waals surface area contributed by atoms with Gasteiger partial charge in [-0.2, -0.15) is 11.3 Å². The highest BCUT2D eigenvalue weighted by Gasteiger charge is 2.24. The molecule has 1 aromatic heterocycles.